The average molecular weight is 330 g/mol. The summed E-state index contributed by atoms with van der Waals surface area (Å²) in [6, 6.07) is 8.07. The number of aromatic nitrogens is 3. The zero-order valence-electron chi connectivity index (χ0n) is 14.7. The first-order valence-corrected chi connectivity index (χ1v) is 8.45. The number of methoxy groups -OCH3 is 1. The third kappa shape index (κ3) is 4.57. The Morgan fingerprint density at radius 1 is 1.29 bits per heavy atom. The maximum Gasteiger partial charge on any atom is 0.223 e. The van der Waals surface area contributed by atoms with E-state index in [9.17, 15) is 4.79 Å². The van der Waals surface area contributed by atoms with Gasteiger partial charge in [0.1, 0.15) is 18.4 Å². The van der Waals surface area contributed by atoms with Gasteiger partial charge in [-0.15, -0.1) is 0 Å². The van der Waals surface area contributed by atoms with Crippen LogP contribution in [-0.4, -0.2) is 39.2 Å². The predicted molar refractivity (Wildman–Crippen MR) is 92.7 cm³/mol. The van der Waals surface area contributed by atoms with E-state index in [0.29, 0.717) is 19.5 Å². The van der Waals surface area contributed by atoms with E-state index >= 15 is 0 Å². The molecule has 0 N–H and O–H groups in total. The molecule has 0 saturated heterocycles. The molecule has 1 aromatic heterocycles. The lowest BCUT2D eigenvalue weighted by atomic mass is 10.0. The highest BCUT2D eigenvalue weighted by molar-refractivity contribution is 5.76. The van der Waals surface area contributed by atoms with Crippen LogP contribution < -0.4 is 4.74 Å². The number of carbonyl (C=O) groups excluding carboxylic acids is 1. The lowest BCUT2D eigenvalue weighted by Gasteiger charge is -2.31. The topological polar surface area (TPSA) is 60.2 Å². The van der Waals surface area contributed by atoms with Gasteiger partial charge in [0.05, 0.1) is 13.2 Å². The largest absolute Gasteiger partial charge is 0.497 e. The molecule has 2 aromatic rings. The minimum atomic E-state index is 0.0970. The monoisotopic (exact) mass is 330 g/mol. The van der Waals surface area contributed by atoms with Gasteiger partial charge >= 0.3 is 0 Å². The van der Waals surface area contributed by atoms with E-state index in [0.717, 1.165) is 24.2 Å². The zero-order valence-corrected chi connectivity index (χ0v) is 14.7. The minimum absolute atomic E-state index is 0.0970. The molecule has 0 spiro atoms. The van der Waals surface area contributed by atoms with Crippen LogP contribution in [0.5, 0.6) is 5.75 Å². The highest BCUT2D eigenvalue weighted by atomic mass is 16.5. The molecule has 0 bridgehead atoms. The number of carbonyl (C=O) groups is 1. The van der Waals surface area contributed by atoms with Gasteiger partial charge in [0, 0.05) is 19.5 Å². The molecule has 0 aliphatic rings. The maximum atomic E-state index is 12.7. The standard InChI is InChI=1S/C18H26N4O2/c1-4-17(15-8-10-16(24-3)11-9-15)22(5-2)18(23)7-6-12-21-14-19-13-20-21/h8-11,13-14,17H,4-7,12H2,1-3H3. The van der Waals surface area contributed by atoms with Crippen molar-refractivity contribution in [3.63, 3.8) is 0 Å². The molecule has 1 atom stereocenters. The Morgan fingerprint density at radius 2 is 2.04 bits per heavy atom. The van der Waals surface area contributed by atoms with E-state index < -0.39 is 0 Å². The van der Waals surface area contributed by atoms with Crippen LogP contribution in [0.15, 0.2) is 36.9 Å². The molecule has 0 saturated carbocycles. The van der Waals surface area contributed by atoms with Crippen LogP contribution in [-0.2, 0) is 11.3 Å². The molecule has 1 unspecified atom stereocenters. The molecule has 24 heavy (non-hydrogen) atoms. The fourth-order valence-electron chi connectivity index (χ4n) is 2.92. The number of rotatable bonds is 9. The highest BCUT2D eigenvalue weighted by Crippen LogP contribution is 2.26. The van der Waals surface area contributed by atoms with E-state index in [-0.39, 0.29) is 11.9 Å². The smallest absolute Gasteiger partial charge is 0.223 e. The number of aryl methyl sites for hydroxylation is 1. The fraction of sp³-hybridized carbons (Fsp3) is 0.500. The minimum Gasteiger partial charge on any atom is -0.497 e. The van der Waals surface area contributed by atoms with E-state index in [1.54, 1.807) is 18.1 Å². The summed E-state index contributed by atoms with van der Waals surface area (Å²) in [5.74, 6) is 1.01. The second-order valence-corrected chi connectivity index (χ2v) is 5.64. The van der Waals surface area contributed by atoms with Gasteiger partial charge in [0.15, 0.2) is 0 Å². The Kier molecular flexibility index (Phi) is 6.78. The first-order valence-electron chi connectivity index (χ1n) is 8.45. The van der Waals surface area contributed by atoms with Crippen LogP contribution in [0.1, 0.15) is 44.7 Å². The molecule has 0 aliphatic carbocycles. The molecule has 0 fully saturated rings. The van der Waals surface area contributed by atoms with Gasteiger partial charge in [-0.25, -0.2) is 4.98 Å². The Labute approximate surface area is 143 Å². The molecule has 1 amide bonds. The summed E-state index contributed by atoms with van der Waals surface area (Å²) >= 11 is 0. The second kappa shape index (κ2) is 9.05. The van der Waals surface area contributed by atoms with Crippen LogP contribution in [0, 0.1) is 0 Å². The SMILES string of the molecule is CCC(c1ccc(OC)cc1)N(CC)C(=O)CCCn1cncn1. The summed E-state index contributed by atoms with van der Waals surface area (Å²) < 4.78 is 6.97. The first-order chi connectivity index (χ1) is 11.7. The normalized spacial score (nSPS) is 12.0. The van der Waals surface area contributed by atoms with Gasteiger partial charge in [-0.2, -0.15) is 5.10 Å². The van der Waals surface area contributed by atoms with Crippen molar-refractivity contribution in [2.75, 3.05) is 13.7 Å². The maximum absolute atomic E-state index is 12.7. The van der Waals surface area contributed by atoms with Crippen molar-refractivity contribution in [1.29, 1.82) is 0 Å². The summed E-state index contributed by atoms with van der Waals surface area (Å²) in [7, 11) is 1.66. The Balaban J connectivity index is 1.98. The van der Waals surface area contributed by atoms with Crippen LogP contribution in [0.2, 0.25) is 0 Å². The quantitative estimate of drug-likeness (QED) is 0.709. The first kappa shape index (κ1) is 18.0. The predicted octanol–water partition coefficient (Wildman–Crippen LogP) is 3.07. The molecular weight excluding hydrogens is 304 g/mol. The summed E-state index contributed by atoms with van der Waals surface area (Å²) in [5.41, 5.74) is 1.14. The lowest BCUT2D eigenvalue weighted by molar-refractivity contribution is -0.133. The Bertz CT molecular complexity index is 610. The molecular formula is C18H26N4O2. The van der Waals surface area contributed by atoms with Crippen LogP contribution in [0.4, 0.5) is 0 Å². The molecule has 0 radical (unpaired) electrons. The zero-order chi connectivity index (χ0) is 17.4. The highest BCUT2D eigenvalue weighted by Gasteiger charge is 2.22. The van der Waals surface area contributed by atoms with Crippen molar-refractivity contribution < 1.29 is 9.53 Å². The van der Waals surface area contributed by atoms with E-state index in [1.165, 1.54) is 6.33 Å². The van der Waals surface area contributed by atoms with Crippen molar-refractivity contribution in [2.45, 2.75) is 45.7 Å². The molecule has 1 heterocycles. The van der Waals surface area contributed by atoms with Crippen LogP contribution >= 0.6 is 0 Å². The summed E-state index contributed by atoms with van der Waals surface area (Å²) in [6.07, 6.45) is 5.35. The molecule has 0 aliphatic heterocycles. The van der Waals surface area contributed by atoms with Gasteiger partial charge in [-0.1, -0.05) is 19.1 Å². The molecule has 6 heteroatoms. The third-order valence-corrected chi connectivity index (χ3v) is 4.17. The lowest BCUT2D eigenvalue weighted by Crippen LogP contribution is -2.34. The van der Waals surface area contributed by atoms with E-state index in [1.807, 2.05) is 36.1 Å². The molecule has 130 valence electrons. The number of amides is 1. The van der Waals surface area contributed by atoms with Gasteiger partial charge in [0.25, 0.3) is 0 Å². The van der Waals surface area contributed by atoms with Gasteiger partial charge in [-0.3, -0.25) is 9.48 Å². The summed E-state index contributed by atoms with van der Waals surface area (Å²) in [5, 5.41) is 4.06. The molecule has 1 aromatic carbocycles. The van der Waals surface area contributed by atoms with Gasteiger partial charge in [0.2, 0.25) is 5.91 Å². The average Bonchev–Trinajstić information content (AvgIpc) is 3.13. The second-order valence-electron chi connectivity index (χ2n) is 5.64. The van der Waals surface area contributed by atoms with Crippen molar-refractivity contribution in [3.05, 3.63) is 42.5 Å². The van der Waals surface area contributed by atoms with Crippen molar-refractivity contribution >= 4 is 5.91 Å². The summed E-state index contributed by atoms with van der Waals surface area (Å²) in [6.45, 7) is 5.55. The third-order valence-electron chi connectivity index (χ3n) is 4.17. The van der Waals surface area contributed by atoms with Crippen molar-refractivity contribution in [3.8, 4) is 5.75 Å². The molecule has 6 nitrogen and oxygen atoms in total. The van der Waals surface area contributed by atoms with Crippen molar-refractivity contribution in [2.24, 2.45) is 0 Å². The number of nitrogens with zero attached hydrogens (tertiary/aromatic N) is 4. The van der Waals surface area contributed by atoms with Crippen LogP contribution in [0.25, 0.3) is 0 Å². The summed E-state index contributed by atoms with van der Waals surface area (Å²) in [4.78, 5) is 18.5. The van der Waals surface area contributed by atoms with Gasteiger partial charge < -0.3 is 9.64 Å². The van der Waals surface area contributed by atoms with E-state index in [4.69, 9.17) is 4.74 Å². The fourth-order valence-corrected chi connectivity index (χ4v) is 2.92. The van der Waals surface area contributed by atoms with E-state index in [2.05, 4.69) is 17.0 Å². The Hall–Kier alpha value is -2.37. The van der Waals surface area contributed by atoms with Crippen LogP contribution in [0.3, 0.4) is 0 Å². The van der Waals surface area contributed by atoms with Gasteiger partial charge in [-0.05, 0) is 37.5 Å². The number of hydrogen-bond donors (Lipinski definition) is 0. The number of benzene rings is 1. The molecule has 2 rings (SSSR count). The number of ether oxygens (including phenoxy) is 1. The number of hydrogen-bond acceptors (Lipinski definition) is 4. The Morgan fingerprint density at radius 3 is 2.58 bits per heavy atom. The van der Waals surface area contributed by atoms with Crippen molar-refractivity contribution in [1.82, 2.24) is 19.7 Å².